The van der Waals surface area contributed by atoms with E-state index in [1.165, 1.54) is 0 Å². The van der Waals surface area contributed by atoms with Crippen LogP contribution < -0.4 is 5.32 Å². The highest BCUT2D eigenvalue weighted by Gasteiger charge is 2.08. The molecule has 0 aliphatic rings. The number of nitrogens with one attached hydrogen (secondary N) is 1. The van der Waals surface area contributed by atoms with Crippen molar-refractivity contribution in [1.82, 2.24) is 10.3 Å². The standard InChI is InChI=1S/C19H20N2OS2/c1-13(2)17-12-24-19(21-17)15-7-5-14(6-8-15)11-20-18(22)10-16-4-3-9-23-16/h3-9,12-13H,10-11H2,1-2H3,(H,20,22). The van der Waals surface area contributed by atoms with Crippen LogP contribution in [0.1, 0.15) is 35.9 Å². The first-order valence-corrected chi connectivity index (χ1v) is 9.71. The fourth-order valence-corrected chi connectivity index (χ4v) is 3.97. The van der Waals surface area contributed by atoms with E-state index in [1.807, 2.05) is 17.5 Å². The monoisotopic (exact) mass is 356 g/mol. The Labute approximate surface area is 150 Å². The number of thiazole rings is 1. The van der Waals surface area contributed by atoms with E-state index in [0.717, 1.165) is 26.7 Å². The summed E-state index contributed by atoms with van der Waals surface area (Å²) in [6, 6.07) is 12.2. The number of nitrogens with zero attached hydrogens (tertiary/aromatic N) is 1. The predicted molar refractivity (Wildman–Crippen MR) is 102 cm³/mol. The molecule has 24 heavy (non-hydrogen) atoms. The molecule has 0 saturated heterocycles. The Bertz CT molecular complexity index is 789. The van der Waals surface area contributed by atoms with Gasteiger partial charge in [0.15, 0.2) is 0 Å². The summed E-state index contributed by atoms with van der Waals surface area (Å²) in [5, 5.41) is 8.13. The summed E-state index contributed by atoms with van der Waals surface area (Å²) in [5.41, 5.74) is 3.36. The molecule has 0 saturated carbocycles. The first kappa shape index (κ1) is 16.9. The highest BCUT2D eigenvalue weighted by molar-refractivity contribution is 7.13. The maximum atomic E-state index is 11.9. The molecule has 1 N–H and O–H groups in total. The Balaban J connectivity index is 1.57. The summed E-state index contributed by atoms with van der Waals surface area (Å²) < 4.78 is 0. The van der Waals surface area contributed by atoms with Crippen molar-refractivity contribution in [2.24, 2.45) is 0 Å². The van der Waals surface area contributed by atoms with E-state index in [9.17, 15) is 4.79 Å². The van der Waals surface area contributed by atoms with E-state index < -0.39 is 0 Å². The molecule has 0 fully saturated rings. The van der Waals surface area contributed by atoms with Crippen molar-refractivity contribution in [2.75, 3.05) is 0 Å². The van der Waals surface area contributed by atoms with E-state index in [-0.39, 0.29) is 5.91 Å². The van der Waals surface area contributed by atoms with Gasteiger partial charge in [-0.05, 0) is 22.9 Å². The van der Waals surface area contributed by atoms with Gasteiger partial charge in [-0.1, -0.05) is 44.2 Å². The summed E-state index contributed by atoms with van der Waals surface area (Å²) in [6.07, 6.45) is 0.451. The molecule has 0 aliphatic heterocycles. The quantitative estimate of drug-likeness (QED) is 0.686. The van der Waals surface area contributed by atoms with Crippen LogP contribution in [0, 0.1) is 0 Å². The SMILES string of the molecule is CC(C)c1csc(-c2ccc(CNC(=O)Cc3cccs3)cc2)n1. The number of amides is 1. The zero-order valence-corrected chi connectivity index (χ0v) is 15.4. The van der Waals surface area contributed by atoms with Gasteiger partial charge in [0.1, 0.15) is 5.01 Å². The molecule has 0 atom stereocenters. The molecule has 2 aromatic heterocycles. The zero-order valence-electron chi connectivity index (χ0n) is 13.8. The van der Waals surface area contributed by atoms with E-state index in [2.05, 4.69) is 53.8 Å². The summed E-state index contributed by atoms with van der Waals surface area (Å²) in [4.78, 5) is 17.7. The van der Waals surface area contributed by atoms with E-state index >= 15 is 0 Å². The van der Waals surface area contributed by atoms with Gasteiger partial charge in [0.2, 0.25) is 5.91 Å². The van der Waals surface area contributed by atoms with Gasteiger partial charge in [0.25, 0.3) is 0 Å². The molecule has 0 radical (unpaired) electrons. The van der Waals surface area contributed by atoms with Crippen molar-refractivity contribution in [3.05, 3.63) is 63.3 Å². The average molecular weight is 357 g/mol. The molecule has 3 aromatic rings. The molecule has 0 spiro atoms. The average Bonchev–Trinajstić information content (AvgIpc) is 3.25. The van der Waals surface area contributed by atoms with Crippen molar-refractivity contribution in [2.45, 2.75) is 32.7 Å². The number of carbonyl (C=O) groups is 1. The normalized spacial score (nSPS) is 11.0. The van der Waals surface area contributed by atoms with Crippen LogP contribution >= 0.6 is 22.7 Å². The lowest BCUT2D eigenvalue weighted by molar-refractivity contribution is -0.120. The number of thiophene rings is 1. The van der Waals surface area contributed by atoms with Crippen LogP contribution in [0.3, 0.4) is 0 Å². The minimum absolute atomic E-state index is 0.0584. The van der Waals surface area contributed by atoms with Gasteiger partial charge >= 0.3 is 0 Å². The zero-order chi connectivity index (χ0) is 16.9. The molecular weight excluding hydrogens is 336 g/mol. The summed E-state index contributed by atoms with van der Waals surface area (Å²) in [5.74, 6) is 0.510. The van der Waals surface area contributed by atoms with Gasteiger partial charge in [0.05, 0.1) is 12.1 Å². The summed E-state index contributed by atoms with van der Waals surface area (Å²) in [6.45, 7) is 4.86. The number of benzene rings is 1. The minimum Gasteiger partial charge on any atom is -0.352 e. The lowest BCUT2D eigenvalue weighted by Gasteiger charge is -2.05. The molecule has 0 aliphatic carbocycles. The lowest BCUT2D eigenvalue weighted by Crippen LogP contribution is -2.24. The van der Waals surface area contributed by atoms with Gasteiger partial charge in [0, 0.05) is 22.4 Å². The molecule has 0 bridgehead atoms. The number of rotatable bonds is 6. The first-order chi connectivity index (χ1) is 11.6. The molecular formula is C19H20N2OS2. The van der Waals surface area contributed by atoms with Gasteiger partial charge in [-0.15, -0.1) is 22.7 Å². The van der Waals surface area contributed by atoms with E-state index in [4.69, 9.17) is 0 Å². The smallest absolute Gasteiger partial charge is 0.225 e. The Morgan fingerprint density at radius 3 is 2.58 bits per heavy atom. The summed E-state index contributed by atoms with van der Waals surface area (Å²) >= 11 is 3.29. The second-order valence-corrected chi connectivity index (χ2v) is 7.85. The van der Waals surface area contributed by atoms with Crippen molar-refractivity contribution >= 4 is 28.6 Å². The van der Waals surface area contributed by atoms with Gasteiger partial charge in [-0.25, -0.2) is 4.98 Å². The fourth-order valence-electron chi connectivity index (χ4n) is 2.28. The van der Waals surface area contributed by atoms with Crippen LogP contribution in [0.2, 0.25) is 0 Å². The molecule has 3 rings (SSSR count). The number of hydrogen-bond donors (Lipinski definition) is 1. The molecule has 0 unspecified atom stereocenters. The Morgan fingerprint density at radius 1 is 1.17 bits per heavy atom. The van der Waals surface area contributed by atoms with Crippen LogP contribution in [0.5, 0.6) is 0 Å². The lowest BCUT2D eigenvalue weighted by atomic mass is 10.1. The van der Waals surface area contributed by atoms with Gasteiger partial charge in [-0.3, -0.25) is 4.79 Å². The van der Waals surface area contributed by atoms with Gasteiger partial charge < -0.3 is 5.32 Å². The van der Waals surface area contributed by atoms with Crippen molar-refractivity contribution < 1.29 is 4.79 Å². The van der Waals surface area contributed by atoms with Crippen molar-refractivity contribution in [3.8, 4) is 10.6 Å². The minimum atomic E-state index is 0.0584. The van der Waals surface area contributed by atoms with Crippen LogP contribution in [0.25, 0.3) is 10.6 Å². The predicted octanol–water partition coefficient (Wildman–Crippen LogP) is 4.85. The molecule has 2 heterocycles. The van der Waals surface area contributed by atoms with Crippen LogP contribution in [0.4, 0.5) is 0 Å². The van der Waals surface area contributed by atoms with E-state index in [1.54, 1.807) is 22.7 Å². The molecule has 1 aromatic carbocycles. The third kappa shape index (κ3) is 4.30. The third-order valence-electron chi connectivity index (χ3n) is 3.72. The first-order valence-electron chi connectivity index (χ1n) is 7.95. The Morgan fingerprint density at radius 2 is 1.96 bits per heavy atom. The van der Waals surface area contributed by atoms with Gasteiger partial charge in [-0.2, -0.15) is 0 Å². The van der Waals surface area contributed by atoms with Crippen molar-refractivity contribution in [3.63, 3.8) is 0 Å². The Kier molecular flexibility index (Phi) is 5.43. The maximum Gasteiger partial charge on any atom is 0.225 e. The third-order valence-corrected chi connectivity index (χ3v) is 5.50. The molecule has 124 valence electrons. The second kappa shape index (κ2) is 7.73. The summed E-state index contributed by atoms with van der Waals surface area (Å²) in [7, 11) is 0. The second-order valence-electron chi connectivity index (χ2n) is 5.96. The Hall–Kier alpha value is -1.98. The maximum absolute atomic E-state index is 11.9. The largest absolute Gasteiger partial charge is 0.352 e. The van der Waals surface area contributed by atoms with Crippen LogP contribution in [0.15, 0.2) is 47.2 Å². The van der Waals surface area contributed by atoms with Crippen molar-refractivity contribution in [1.29, 1.82) is 0 Å². The van der Waals surface area contributed by atoms with Crippen LogP contribution in [-0.2, 0) is 17.8 Å². The number of carbonyl (C=O) groups excluding carboxylic acids is 1. The molecule has 5 heteroatoms. The topological polar surface area (TPSA) is 42.0 Å². The highest BCUT2D eigenvalue weighted by atomic mass is 32.1. The number of aromatic nitrogens is 1. The highest BCUT2D eigenvalue weighted by Crippen LogP contribution is 2.27. The molecule has 1 amide bonds. The van der Waals surface area contributed by atoms with E-state index in [0.29, 0.717) is 18.9 Å². The fraction of sp³-hybridized carbons (Fsp3) is 0.263. The molecule has 3 nitrogen and oxygen atoms in total. The number of hydrogen-bond acceptors (Lipinski definition) is 4. The van der Waals surface area contributed by atoms with Crippen LogP contribution in [-0.4, -0.2) is 10.9 Å².